The minimum absolute atomic E-state index is 0.121. The molecule has 0 atom stereocenters. The Balaban J connectivity index is 1.32. The second-order valence-electron chi connectivity index (χ2n) is 9.40. The zero-order valence-corrected chi connectivity index (χ0v) is 25.0. The fraction of sp³-hybridized carbons (Fsp3) is 0.161. The molecule has 0 unspecified atom stereocenters. The zero-order chi connectivity index (χ0) is 29.1. The lowest BCUT2D eigenvalue weighted by Crippen LogP contribution is -2.22. The molecule has 0 aliphatic heterocycles. The van der Waals surface area contributed by atoms with Gasteiger partial charge in [0.1, 0.15) is 11.6 Å². The van der Waals surface area contributed by atoms with Crippen molar-refractivity contribution in [3.63, 3.8) is 0 Å². The van der Waals surface area contributed by atoms with Crippen LogP contribution in [0.1, 0.15) is 29.7 Å². The Kier molecular flexibility index (Phi) is 8.37. The molecule has 0 spiro atoms. The predicted octanol–water partition coefficient (Wildman–Crippen LogP) is 6.68. The molecule has 0 radical (unpaired) electrons. The Labute approximate surface area is 250 Å². The van der Waals surface area contributed by atoms with E-state index in [4.69, 9.17) is 16.3 Å². The Morgan fingerprint density at radius 3 is 2.51 bits per heavy atom. The second kappa shape index (κ2) is 12.1. The van der Waals surface area contributed by atoms with Gasteiger partial charge in [0.15, 0.2) is 6.61 Å². The van der Waals surface area contributed by atoms with Crippen LogP contribution in [0.15, 0.2) is 87.2 Å². The number of aromatic nitrogens is 3. The molecule has 1 amide bonds. The van der Waals surface area contributed by atoms with Crippen molar-refractivity contribution in [3.05, 3.63) is 115 Å². The minimum atomic E-state index is -0.267. The third-order valence-electron chi connectivity index (χ3n) is 6.57. The van der Waals surface area contributed by atoms with Crippen LogP contribution in [0.5, 0.6) is 5.75 Å². The first kappa shape index (κ1) is 28.3. The fourth-order valence-corrected chi connectivity index (χ4v) is 5.04. The van der Waals surface area contributed by atoms with Crippen LogP contribution in [0.25, 0.3) is 16.6 Å². The van der Waals surface area contributed by atoms with Gasteiger partial charge in [0.25, 0.3) is 11.5 Å². The summed E-state index contributed by atoms with van der Waals surface area (Å²) in [6.07, 6.45) is 2.26. The average Bonchev–Trinajstić information content (AvgIpc) is 3.25. The molecule has 0 saturated carbocycles. The Morgan fingerprint density at radius 1 is 1.07 bits per heavy atom. The highest BCUT2D eigenvalue weighted by atomic mass is 79.9. The quantitative estimate of drug-likeness (QED) is 0.193. The van der Waals surface area contributed by atoms with Gasteiger partial charge in [-0.3, -0.25) is 9.59 Å². The number of aryl methyl sites for hydroxylation is 2. The average molecular weight is 633 g/mol. The highest BCUT2D eigenvalue weighted by Gasteiger charge is 2.13. The van der Waals surface area contributed by atoms with E-state index in [0.29, 0.717) is 39.6 Å². The maximum absolute atomic E-state index is 13.2. The van der Waals surface area contributed by atoms with Gasteiger partial charge < -0.3 is 14.6 Å². The maximum atomic E-state index is 13.2. The molecule has 3 aromatic carbocycles. The topological polar surface area (TPSA) is 90.5 Å². The summed E-state index contributed by atoms with van der Waals surface area (Å²) in [5, 5.41) is 8.43. The van der Waals surface area contributed by atoms with Crippen molar-refractivity contribution in [2.24, 2.45) is 5.10 Å². The molecule has 1 N–H and O–H groups in total. The fourth-order valence-electron chi connectivity index (χ4n) is 4.55. The SMILES string of the molecule is CCc1nc2ccc(Br)cc2c(=O)n1N=Cc1cc(C)n(-c2ccc(OCC(=O)Nc3ccc(Cl)cc3)cc2)c1C. The molecular weight excluding hydrogens is 606 g/mol. The summed E-state index contributed by atoms with van der Waals surface area (Å²) in [5.74, 6) is 0.899. The van der Waals surface area contributed by atoms with Gasteiger partial charge in [-0.15, -0.1) is 0 Å². The third kappa shape index (κ3) is 6.26. The van der Waals surface area contributed by atoms with E-state index in [9.17, 15) is 9.59 Å². The number of nitrogens with zero attached hydrogens (tertiary/aromatic N) is 4. The lowest BCUT2D eigenvalue weighted by molar-refractivity contribution is -0.118. The molecule has 0 saturated heterocycles. The molecule has 5 aromatic rings. The molecule has 8 nitrogen and oxygen atoms in total. The van der Waals surface area contributed by atoms with Gasteiger partial charge in [-0.1, -0.05) is 34.5 Å². The van der Waals surface area contributed by atoms with E-state index >= 15 is 0 Å². The second-order valence-corrected chi connectivity index (χ2v) is 10.8. The van der Waals surface area contributed by atoms with Crippen molar-refractivity contribution >= 4 is 56.2 Å². The molecule has 2 aromatic heterocycles. The van der Waals surface area contributed by atoms with E-state index < -0.39 is 0 Å². The highest BCUT2D eigenvalue weighted by Crippen LogP contribution is 2.23. The Morgan fingerprint density at radius 2 is 1.80 bits per heavy atom. The van der Waals surface area contributed by atoms with Gasteiger partial charge in [-0.05, 0) is 86.6 Å². The lowest BCUT2D eigenvalue weighted by Gasteiger charge is -2.12. The normalized spacial score (nSPS) is 11.3. The van der Waals surface area contributed by atoms with Crippen molar-refractivity contribution in [1.82, 2.24) is 14.2 Å². The Hall–Kier alpha value is -4.21. The van der Waals surface area contributed by atoms with Crippen LogP contribution < -0.4 is 15.6 Å². The molecule has 0 aliphatic carbocycles. The molecule has 0 aliphatic rings. The van der Waals surface area contributed by atoms with E-state index in [1.165, 1.54) is 4.68 Å². The first-order valence-electron chi connectivity index (χ1n) is 13.0. The van der Waals surface area contributed by atoms with Crippen LogP contribution in [0, 0.1) is 13.8 Å². The van der Waals surface area contributed by atoms with Crippen molar-refractivity contribution in [2.45, 2.75) is 27.2 Å². The summed E-state index contributed by atoms with van der Waals surface area (Å²) in [4.78, 5) is 30.1. The van der Waals surface area contributed by atoms with E-state index in [2.05, 4.69) is 35.9 Å². The van der Waals surface area contributed by atoms with Crippen LogP contribution in [0.3, 0.4) is 0 Å². The summed E-state index contributed by atoms with van der Waals surface area (Å²) in [7, 11) is 0. The first-order chi connectivity index (χ1) is 19.7. The van der Waals surface area contributed by atoms with Crippen LogP contribution in [0.4, 0.5) is 5.69 Å². The van der Waals surface area contributed by atoms with Crippen molar-refractivity contribution in [3.8, 4) is 11.4 Å². The first-order valence-corrected chi connectivity index (χ1v) is 14.1. The number of hydrogen-bond donors (Lipinski definition) is 1. The van der Waals surface area contributed by atoms with Crippen molar-refractivity contribution in [1.29, 1.82) is 0 Å². The number of ether oxygens (including phenoxy) is 1. The summed E-state index contributed by atoms with van der Waals surface area (Å²) in [5.41, 5.74) is 4.86. The lowest BCUT2D eigenvalue weighted by atomic mass is 10.2. The van der Waals surface area contributed by atoms with Gasteiger partial charge >= 0.3 is 0 Å². The summed E-state index contributed by atoms with van der Waals surface area (Å²) in [6, 6.07) is 21.9. The summed E-state index contributed by atoms with van der Waals surface area (Å²) in [6.45, 7) is 5.83. The minimum Gasteiger partial charge on any atom is -0.484 e. The largest absolute Gasteiger partial charge is 0.484 e. The van der Waals surface area contributed by atoms with Gasteiger partial charge in [-0.25, -0.2) is 4.98 Å². The number of rotatable bonds is 8. The predicted molar refractivity (Wildman–Crippen MR) is 167 cm³/mol. The molecule has 10 heteroatoms. The number of hydrogen-bond acceptors (Lipinski definition) is 5. The standard InChI is InChI=1S/C31H27BrClN5O3/c1-4-29-36-28-14-5-22(32)16-27(28)31(40)38(29)34-17-21-15-19(2)37(20(21)3)25-10-12-26(13-11-25)41-18-30(39)35-24-8-6-23(33)7-9-24/h5-17H,4,18H2,1-3H3,(H,35,39). The number of fused-ring (bicyclic) bond motifs is 1. The monoisotopic (exact) mass is 631 g/mol. The Bertz CT molecular complexity index is 1830. The summed E-state index contributed by atoms with van der Waals surface area (Å²) >= 11 is 9.32. The van der Waals surface area contributed by atoms with Gasteiger partial charge in [0.05, 0.1) is 17.1 Å². The van der Waals surface area contributed by atoms with E-state index in [-0.39, 0.29) is 18.1 Å². The van der Waals surface area contributed by atoms with Crippen LogP contribution >= 0.6 is 27.5 Å². The smallest absolute Gasteiger partial charge is 0.282 e. The number of anilines is 1. The number of carbonyl (C=O) groups excluding carboxylic acids is 1. The third-order valence-corrected chi connectivity index (χ3v) is 7.31. The molecule has 0 fully saturated rings. The van der Waals surface area contributed by atoms with Crippen LogP contribution in [-0.4, -0.2) is 33.0 Å². The van der Waals surface area contributed by atoms with Crippen LogP contribution in [0.2, 0.25) is 5.02 Å². The molecule has 208 valence electrons. The zero-order valence-electron chi connectivity index (χ0n) is 22.7. The van der Waals surface area contributed by atoms with Crippen molar-refractivity contribution in [2.75, 3.05) is 11.9 Å². The van der Waals surface area contributed by atoms with E-state index in [1.54, 1.807) is 36.5 Å². The highest BCUT2D eigenvalue weighted by molar-refractivity contribution is 9.10. The molecular formula is C31H27BrClN5O3. The molecule has 5 rings (SSSR count). The number of halogens is 2. The van der Waals surface area contributed by atoms with Crippen molar-refractivity contribution < 1.29 is 9.53 Å². The summed E-state index contributed by atoms with van der Waals surface area (Å²) < 4.78 is 9.95. The number of amides is 1. The van der Waals surface area contributed by atoms with Crippen LogP contribution in [-0.2, 0) is 11.2 Å². The van der Waals surface area contributed by atoms with E-state index in [1.807, 2.05) is 63.2 Å². The molecule has 2 heterocycles. The molecule has 41 heavy (non-hydrogen) atoms. The molecule has 0 bridgehead atoms. The van der Waals surface area contributed by atoms with E-state index in [0.717, 1.165) is 27.1 Å². The van der Waals surface area contributed by atoms with Gasteiger partial charge in [0, 0.05) is 44.2 Å². The van der Waals surface area contributed by atoms with Gasteiger partial charge in [0.2, 0.25) is 0 Å². The van der Waals surface area contributed by atoms with Gasteiger partial charge in [-0.2, -0.15) is 9.78 Å². The number of nitrogens with one attached hydrogen (secondary N) is 1. The number of carbonyl (C=O) groups is 1. The maximum Gasteiger partial charge on any atom is 0.282 e. The number of benzene rings is 3.